The van der Waals surface area contributed by atoms with Crippen molar-refractivity contribution in [3.05, 3.63) is 35.4 Å². The summed E-state index contributed by atoms with van der Waals surface area (Å²) in [5.74, 6) is -0.687. The van der Waals surface area contributed by atoms with E-state index in [9.17, 15) is 9.90 Å². The van der Waals surface area contributed by atoms with Gasteiger partial charge in [-0.3, -0.25) is 9.69 Å². The maximum absolute atomic E-state index is 11.4. The predicted octanol–water partition coefficient (Wildman–Crippen LogP) is 2.94. The number of hydrogen-bond acceptors (Lipinski definition) is 2. The van der Waals surface area contributed by atoms with Gasteiger partial charge in [0.1, 0.15) is 0 Å². The molecule has 0 aliphatic carbocycles. The fourth-order valence-electron chi connectivity index (χ4n) is 2.73. The minimum atomic E-state index is -0.687. The van der Waals surface area contributed by atoms with Gasteiger partial charge in [-0.25, -0.2) is 0 Å². The summed E-state index contributed by atoms with van der Waals surface area (Å²) >= 11 is 0. The Bertz CT molecular complexity index is 458. The number of nitrogens with zero attached hydrogens (tertiary/aromatic N) is 1. The van der Waals surface area contributed by atoms with Gasteiger partial charge in [0, 0.05) is 13.1 Å². The third-order valence-electron chi connectivity index (χ3n) is 4.30. The van der Waals surface area contributed by atoms with E-state index in [0.717, 1.165) is 25.9 Å². The number of carboxylic acid groups (broad SMARTS) is 1. The molecular weight excluding hydrogens is 238 g/mol. The van der Waals surface area contributed by atoms with E-state index < -0.39 is 11.4 Å². The molecule has 0 saturated carbocycles. The Morgan fingerprint density at radius 1 is 1.37 bits per heavy atom. The molecule has 19 heavy (non-hydrogen) atoms. The predicted molar refractivity (Wildman–Crippen MR) is 76.1 cm³/mol. The molecule has 3 nitrogen and oxygen atoms in total. The minimum Gasteiger partial charge on any atom is -0.481 e. The average Bonchev–Trinajstić information content (AvgIpc) is 2.59. The Balaban J connectivity index is 2.13. The average molecular weight is 261 g/mol. The van der Waals surface area contributed by atoms with Crippen LogP contribution in [0.15, 0.2) is 24.3 Å². The van der Waals surface area contributed by atoms with Gasteiger partial charge in [-0.15, -0.1) is 0 Å². The maximum atomic E-state index is 11.4. The molecule has 1 aromatic rings. The van der Waals surface area contributed by atoms with Crippen molar-refractivity contribution in [3.8, 4) is 0 Å². The summed E-state index contributed by atoms with van der Waals surface area (Å²) in [6.45, 7) is 6.30. The lowest BCUT2D eigenvalue weighted by Crippen LogP contribution is -2.40. The highest BCUT2D eigenvalue weighted by atomic mass is 16.4. The van der Waals surface area contributed by atoms with Gasteiger partial charge in [-0.05, 0) is 43.9 Å². The van der Waals surface area contributed by atoms with Gasteiger partial charge in [0.2, 0.25) is 0 Å². The number of rotatable bonds is 4. The summed E-state index contributed by atoms with van der Waals surface area (Å²) in [6.07, 6.45) is 2.87. The van der Waals surface area contributed by atoms with Gasteiger partial charge in [0.25, 0.3) is 0 Å². The molecule has 0 radical (unpaired) electrons. The largest absolute Gasteiger partial charge is 0.481 e. The molecule has 3 heteroatoms. The van der Waals surface area contributed by atoms with Gasteiger partial charge in [-0.1, -0.05) is 31.2 Å². The monoisotopic (exact) mass is 261 g/mol. The van der Waals surface area contributed by atoms with Crippen molar-refractivity contribution in [1.82, 2.24) is 4.90 Å². The van der Waals surface area contributed by atoms with E-state index in [-0.39, 0.29) is 0 Å². The summed E-state index contributed by atoms with van der Waals surface area (Å²) in [7, 11) is 0. The molecule has 2 rings (SSSR count). The summed E-state index contributed by atoms with van der Waals surface area (Å²) < 4.78 is 0. The smallest absolute Gasteiger partial charge is 0.310 e. The molecule has 0 amide bonds. The third-order valence-corrected chi connectivity index (χ3v) is 4.30. The second-order valence-corrected chi connectivity index (χ2v) is 5.80. The standard InChI is InChI=1S/C16H23NO2/c1-3-16(2,15(18)19)12-17-10-6-9-13-7-4-5-8-14(13)11-17/h4-5,7-8H,3,6,9-12H2,1-2H3,(H,18,19). The second kappa shape index (κ2) is 5.74. The van der Waals surface area contributed by atoms with Crippen LogP contribution in [-0.4, -0.2) is 29.1 Å². The Morgan fingerprint density at radius 2 is 2.05 bits per heavy atom. The number of hydrogen-bond donors (Lipinski definition) is 1. The van der Waals surface area contributed by atoms with Crippen LogP contribution in [0.3, 0.4) is 0 Å². The Labute approximate surface area is 115 Å². The van der Waals surface area contributed by atoms with Crippen LogP contribution < -0.4 is 0 Å². The zero-order valence-electron chi connectivity index (χ0n) is 11.9. The molecule has 1 atom stereocenters. The molecule has 0 bridgehead atoms. The first-order valence-corrected chi connectivity index (χ1v) is 7.08. The van der Waals surface area contributed by atoms with E-state index in [1.807, 2.05) is 13.8 Å². The normalized spacial score (nSPS) is 19.3. The number of aliphatic carboxylic acids is 1. The number of carbonyl (C=O) groups is 1. The van der Waals surface area contributed by atoms with Crippen LogP contribution in [-0.2, 0) is 17.8 Å². The third kappa shape index (κ3) is 3.16. The van der Waals surface area contributed by atoms with E-state index >= 15 is 0 Å². The molecule has 1 N–H and O–H groups in total. The fraction of sp³-hybridized carbons (Fsp3) is 0.562. The number of aryl methyl sites for hydroxylation is 1. The zero-order valence-corrected chi connectivity index (χ0v) is 11.9. The van der Waals surface area contributed by atoms with Crippen LogP contribution >= 0.6 is 0 Å². The molecule has 1 heterocycles. The van der Waals surface area contributed by atoms with Crippen molar-refractivity contribution in [2.75, 3.05) is 13.1 Å². The first-order chi connectivity index (χ1) is 9.05. The lowest BCUT2D eigenvalue weighted by Gasteiger charge is -2.31. The maximum Gasteiger partial charge on any atom is 0.310 e. The summed E-state index contributed by atoms with van der Waals surface area (Å²) in [6, 6.07) is 8.51. The highest BCUT2D eigenvalue weighted by molar-refractivity contribution is 5.74. The molecule has 0 saturated heterocycles. The van der Waals surface area contributed by atoms with Crippen LogP contribution in [0.25, 0.3) is 0 Å². The van der Waals surface area contributed by atoms with Crippen molar-refractivity contribution in [3.63, 3.8) is 0 Å². The van der Waals surface area contributed by atoms with E-state index in [1.54, 1.807) is 0 Å². The van der Waals surface area contributed by atoms with Crippen LogP contribution in [0, 0.1) is 5.41 Å². The number of benzene rings is 1. The topological polar surface area (TPSA) is 40.5 Å². The summed E-state index contributed by atoms with van der Waals surface area (Å²) in [5, 5.41) is 9.40. The first-order valence-electron chi connectivity index (χ1n) is 7.08. The van der Waals surface area contributed by atoms with Crippen LogP contribution in [0.1, 0.15) is 37.8 Å². The Kier molecular flexibility index (Phi) is 4.25. The van der Waals surface area contributed by atoms with Crippen molar-refractivity contribution in [1.29, 1.82) is 0 Å². The Hall–Kier alpha value is -1.35. The SMILES string of the molecule is CCC(C)(CN1CCCc2ccccc2C1)C(=O)O. The number of carboxylic acids is 1. The molecular formula is C16H23NO2. The molecule has 104 valence electrons. The highest BCUT2D eigenvalue weighted by Crippen LogP contribution is 2.26. The van der Waals surface area contributed by atoms with Crippen LogP contribution in [0.4, 0.5) is 0 Å². The first kappa shape index (κ1) is 14.1. The van der Waals surface area contributed by atoms with E-state index in [0.29, 0.717) is 13.0 Å². The fourth-order valence-corrected chi connectivity index (χ4v) is 2.73. The Morgan fingerprint density at radius 3 is 2.68 bits per heavy atom. The van der Waals surface area contributed by atoms with Crippen molar-refractivity contribution in [2.24, 2.45) is 5.41 Å². The van der Waals surface area contributed by atoms with E-state index in [4.69, 9.17) is 0 Å². The zero-order chi connectivity index (χ0) is 13.9. The van der Waals surface area contributed by atoms with Gasteiger partial charge in [0.05, 0.1) is 5.41 Å². The van der Waals surface area contributed by atoms with Gasteiger partial charge >= 0.3 is 5.97 Å². The quantitative estimate of drug-likeness (QED) is 0.906. The van der Waals surface area contributed by atoms with Gasteiger partial charge in [-0.2, -0.15) is 0 Å². The van der Waals surface area contributed by atoms with E-state index in [1.165, 1.54) is 11.1 Å². The highest BCUT2D eigenvalue weighted by Gasteiger charge is 2.33. The number of fused-ring (bicyclic) bond motifs is 1. The van der Waals surface area contributed by atoms with Crippen molar-refractivity contribution >= 4 is 5.97 Å². The minimum absolute atomic E-state index is 0.632. The molecule has 0 aromatic heterocycles. The second-order valence-electron chi connectivity index (χ2n) is 5.80. The van der Waals surface area contributed by atoms with Gasteiger partial charge in [0.15, 0.2) is 0 Å². The van der Waals surface area contributed by atoms with E-state index in [2.05, 4.69) is 29.2 Å². The van der Waals surface area contributed by atoms with Crippen molar-refractivity contribution in [2.45, 2.75) is 39.7 Å². The molecule has 1 aromatic carbocycles. The lowest BCUT2D eigenvalue weighted by atomic mass is 9.87. The molecule has 0 spiro atoms. The van der Waals surface area contributed by atoms with Crippen LogP contribution in [0.2, 0.25) is 0 Å². The molecule has 1 aliphatic rings. The molecule has 0 fully saturated rings. The molecule has 1 unspecified atom stereocenters. The molecule has 1 aliphatic heterocycles. The van der Waals surface area contributed by atoms with Gasteiger partial charge < -0.3 is 5.11 Å². The lowest BCUT2D eigenvalue weighted by molar-refractivity contribution is -0.149. The van der Waals surface area contributed by atoms with Crippen molar-refractivity contribution < 1.29 is 9.90 Å². The summed E-state index contributed by atoms with van der Waals surface area (Å²) in [5.41, 5.74) is 2.13. The van der Waals surface area contributed by atoms with Crippen LogP contribution in [0.5, 0.6) is 0 Å². The summed E-state index contributed by atoms with van der Waals surface area (Å²) in [4.78, 5) is 13.7.